The molecule has 3 rings (SSSR count). The molecule has 2 atom stereocenters. The number of aliphatic carboxylic acids is 1. The van der Waals surface area contributed by atoms with Gasteiger partial charge in [-0.25, -0.2) is 0 Å². The quantitative estimate of drug-likeness (QED) is 0.599. The lowest BCUT2D eigenvalue weighted by Gasteiger charge is -2.31. The normalized spacial score (nSPS) is 18.7. The number of carboxylic acid groups (broad SMARTS) is 1. The van der Waals surface area contributed by atoms with Crippen molar-refractivity contribution >= 4 is 40.9 Å². The fraction of sp³-hybridized carbons (Fsp3) is 0.417. The molecule has 0 saturated heterocycles. The lowest BCUT2D eigenvalue weighted by molar-refractivity contribution is -0.138. The van der Waals surface area contributed by atoms with Gasteiger partial charge in [-0.3, -0.25) is 9.59 Å². The Hall–Kier alpha value is -2.38. The molecule has 0 fully saturated rings. The highest BCUT2D eigenvalue weighted by Gasteiger charge is 2.39. The maximum Gasteiger partial charge on any atom is 0.305 e. The summed E-state index contributed by atoms with van der Waals surface area (Å²) in [5.41, 5.74) is 2.21. The zero-order valence-electron chi connectivity index (χ0n) is 18.8. The molecule has 1 aliphatic rings. The Balaban J connectivity index is 2.24. The molecule has 1 heterocycles. The molecular formula is C24H28ClNO5S. The molecule has 1 amide bonds. The molecule has 2 aromatic rings. The number of benzene rings is 2. The van der Waals surface area contributed by atoms with Crippen molar-refractivity contribution in [1.29, 1.82) is 0 Å². The highest BCUT2D eigenvalue weighted by atomic mass is 35.5. The average Bonchev–Trinajstić information content (AvgIpc) is 2.82. The van der Waals surface area contributed by atoms with E-state index >= 15 is 0 Å². The predicted octanol–water partition coefficient (Wildman–Crippen LogP) is 5.42. The number of amides is 1. The highest BCUT2D eigenvalue weighted by molar-refractivity contribution is 8.01. The number of hydrogen-bond acceptors (Lipinski definition) is 5. The van der Waals surface area contributed by atoms with Crippen LogP contribution in [0.15, 0.2) is 36.4 Å². The van der Waals surface area contributed by atoms with Crippen LogP contribution in [0.5, 0.6) is 11.5 Å². The first-order valence-corrected chi connectivity index (χ1v) is 11.6. The molecule has 0 unspecified atom stereocenters. The topological polar surface area (TPSA) is 76.1 Å². The summed E-state index contributed by atoms with van der Waals surface area (Å²) in [5, 5.41) is 8.95. The molecule has 2 aromatic carbocycles. The standard InChI is InChI=1S/C24H28ClNO5S/c1-24(2,3)13-26-18-9-6-14(25)10-17(18)22(32-20(23(26)29)12-21(27)28)16-8-7-15(30-4)11-19(16)31-5/h6-11,20,22H,12-13H2,1-5H3,(H,27,28)/t20-,22-/m1/s1. The van der Waals surface area contributed by atoms with E-state index in [0.717, 1.165) is 16.8 Å². The van der Waals surface area contributed by atoms with E-state index in [4.69, 9.17) is 21.1 Å². The third kappa shape index (κ3) is 5.33. The number of methoxy groups -OCH3 is 2. The van der Waals surface area contributed by atoms with Crippen molar-refractivity contribution in [2.24, 2.45) is 5.41 Å². The van der Waals surface area contributed by atoms with Gasteiger partial charge in [0.05, 0.1) is 31.1 Å². The number of carboxylic acids is 1. The van der Waals surface area contributed by atoms with Crippen LogP contribution < -0.4 is 14.4 Å². The second kappa shape index (κ2) is 9.63. The van der Waals surface area contributed by atoms with E-state index < -0.39 is 11.2 Å². The fourth-order valence-corrected chi connectivity index (χ4v) is 5.45. The van der Waals surface area contributed by atoms with Crippen molar-refractivity contribution in [1.82, 2.24) is 0 Å². The summed E-state index contributed by atoms with van der Waals surface area (Å²) in [7, 11) is 3.15. The lowest BCUT2D eigenvalue weighted by atomic mass is 9.94. The van der Waals surface area contributed by atoms with E-state index in [2.05, 4.69) is 0 Å². The van der Waals surface area contributed by atoms with Crippen LogP contribution >= 0.6 is 23.4 Å². The van der Waals surface area contributed by atoms with Crippen LogP contribution in [-0.2, 0) is 9.59 Å². The van der Waals surface area contributed by atoms with E-state index in [-0.39, 0.29) is 23.0 Å². The second-order valence-electron chi connectivity index (χ2n) is 8.90. The summed E-state index contributed by atoms with van der Waals surface area (Å²) in [5.74, 6) is 0.00324. The number of rotatable bonds is 6. The van der Waals surface area contributed by atoms with Crippen molar-refractivity contribution in [3.8, 4) is 11.5 Å². The Kier molecular flexibility index (Phi) is 7.30. The number of ether oxygens (including phenoxy) is 2. The minimum absolute atomic E-state index is 0.192. The van der Waals surface area contributed by atoms with Crippen molar-refractivity contribution in [3.63, 3.8) is 0 Å². The third-order valence-corrected chi connectivity index (χ3v) is 6.83. The van der Waals surface area contributed by atoms with Gasteiger partial charge in [-0.15, -0.1) is 11.8 Å². The summed E-state index contributed by atoms with van der Waals surface area (Å²) in [4.78, 5) is 27.0. The molecular weight excluding hydrogens is 450 g/mol. The molecule has 0 aromatic heterocycles. The fourth-order valence-electron chi connectivity index (χ4n) is 3.78. The van der Waals surface area contributed by atoms with Crippen LogP contribution in [0, 0.1) is 5.41 Å². The SMILES string of the molecule is COc1ccc([C@H]2S[C@H](CC(=O)O)C(=O)N(CC(C)(C)C)c3ccc(Cl)cc32)c(OC)c1. The zero-order valence-corrected chi connectivity index (χ0v) is 20.4. The summed E-state index contributed by atoms with van der Waals surface area (Å²) >= 11 is 7.70. The first-order chi connectivity index (χ1) is 15.0. The Morgan fingerprint density at radius 2 is 1.84 bits per heavy atom. The van der Waals surface area contributed by atoms with Gasteiger partial charge < -0.3 is 19.5 Å². The van der Waals surface area contributed by atoms with Crippen molar-refractivity contribution in [3.05, 3.63) is 52.5 Å². The molecule has 32 heavy (non-hydrogen) atoms. The molecule has 0 radical (unpaired) electrons. The number of halogens is 1. The Bertz CT molecular complexity index is 1020. The van der Waals surface area contributed by atoms with Gasteiger partial charge in [-0.1, -0.05) is 38.4 Å². The second-order valence-corrected chi connectivity index (χ2v) is 10.6. The minimum Gasteiger partial charge on any atom is -0.497 e. The van der Waals surface area contributed by atoms with Gasteiger partial charge in [0.1, 0.15) is 11.5 Å². The van der Waals surface area contributed by atoms with Gasteiger partial charge in [-0.05, 0) is 35.2 Å². The van der Waals surface area contributed by atoms with Crippen LogP contribution in [-0.4, -0.2) is 43.0 Å². The molecule has 0 spiro atoms. The molecule has 172 valence electrons. The zero-order chi connectivity index (χ0) is 23.6. The first kappa shape index (κ1) is 24.3. The van der Waals surface area contributed by atoms with Crippen molar-refractivity contribution in [2.45, 2.75) is 37.7 Å². The van der Waals surface area contributed by atoms with Gasteiger partial charge in [0, 0.05) is 28.9 Å². The number of carbonyl (C=O) groups is 2. The molecule has 0 aliphatic carbocycles. The van der Waals surface area contributed by atoms with Gasteiger partial charge in [0.15, 0.2) is 0 Å². The van der Waals surface area contributed by atoms with Crippen molar-refractivity contribution < 1.29 is 24.2 Å². The molecule has 8 heteroatoms. The van der Waals surface area contributed by atoms with Crippen LogP contribution in [0.1, 0.15) is 43.6 Å². The average molecular weight is 478 g/mol. The molecule has 1 N–H and O–H groups in total. The first-order valence-electron chi connectivity index (χ1n) is 10.2. The monoisotopic (exact) mass is 477 g/mol. The Morgan fingerprint density at radius 1 is 1.12 bits per heavy atom. The third-order valence-electron chi connectivity index (χ3n) is 5.12. The number of carbonyl (C=O) groups excluding carboxylic acids is 1. The Labute approximate surface area is 197 Å². The highest BCUT2D eigenvalue weighted by Crippen LogP contribution is 2.50. The number of fused-ring (bicyclic) bond motifs is 1. The van der Waals surface area contributed by atoms with E-state index in [1.165, 1.54) is 11.8 Å². The molecule has 0 saturated carbocycles. The van der Waals surface area contributed by atoms with Gasteiger partial charge in [-0.2, -0.15) is 0 Å². The van der Waals surface area contributed by atoms with Crippen LogP contribution in [0.4, 0.5) is 5.69 Å². The Morgan fingerprint density at radius 3 is 2.44 bits per heavy atom. The molecule has 0 bridgehead atoms. The summed E-state index contributed by atoms with van der Waals surface area (Å²) < 4.78 is 11.0. The van der Waals surface area contributed by atoms with E-state index in [9.17, 15) is 14.7 Å². The summed E-state index contributed by atoms with van der Waals surface area (Å²) in [6.45, 7) is 6.59. The van der Waals surface area contributed by atoms with E-state index in [1.54, 1.807) is 31.3 Å². The van der Waals surface area contributed by atoms with Crippen molar-refractivity contribution in [2.75, 3.05) is 25.7 Å². The van der Waals surface area contributed by atoms with Crippen LogP contribution in [0.3, 0.4) is 0 Å². The summed E-state index contributed by atoms with van der Waals surface area (Å²) in [6.07, 6.45) is -0.277. The summed E-state index contributed by atoms with van der Waals surface area (Å²) in [6, 6.07) is 11.0. The van der Waals surface area contributed by atoms with E-state index in [0.29, 0.717) is 23.1 Å². The maximum atomic E-state index is 13.6. The van der Waals surface area contributed by atoms with Crippen LogP contribution in [0.2, 0.25) is 5.02 Å². The van der Waals surface area contributed by atoms with Gasteiger partial charge in [0.2, 0.25) is 5.91 Å². The number of anilines is 1. The smallest absolute Gasteiger partial charge is 0.305 e. The number of thioether (sulfide) groups is 1. The number of hydrogen-bond donors (Lipinski definition) is 1. The predicted molar refractivity (Wildman–Crippen MR) is 128 cm³/mol. The van der Waals surface area contributed by atoms with Crippen LogP contribution in [0.25, 0.3) is 0 Å². The minimum atomic E-state index is -1.02. The lowest BCUT2D eigenvalue weighted by Crippen LogP contribution is -2.42. The van der Waals surface area contributed by atoms with Gasteiger partial charge in [0.25, 0.3) is 0 Å². The largest absolute Gasteiger partial charge is 0.497 e. The molecule has 6 nitrogen and oxygen atoms in total. The maximum absolute atomic E-state index is 13.6. The molecule has 1 aliphatic heterocycles. The van der Waals surface area contributed by atoms with E-state index in [1.807, 2.05) is 45.0 Å². The van der Waals surface area contributed by atoms with Gasteiger partial charge >= 0.3 is 5.97 Å². The number of nitrogens with zero attached hydrogens (tertiary/aromatic N) is 1.